The van der Waals surface area contributed by atoms with Gasteiger partial charge in [0.15, 0.2) is 0 Å². The Hall–Kier alpha value is -3.04. The molecule has 0 fully saturated rings. The Morgan fingerprint density at radius 3 is 2.52 bits per heavy atom. The largest absolute Gasteiger partial charge is 0.289 e. The summed E-state index contributed by atoms with van der Waals surface area (Å²) in [6.45, 7) is 3.11. The van der Waals surface area contributed by atoms with E-state index < -0.39 is 0 Å². The molecular weight excluding hydrogens is 354 g/mol. The van der Waals surface area contributed by atoms with Crippen LogP contribution in [0.4, 0.5) is 5.69 Å². The Labute approximate surface area is 173 Å². The smallest absolute Gasteiger partial charge is 0.0609 e. The number of rotatable bonds is 6. The SMILES string of the molecule is CCCCC1=CN(c2ccc3c(c2)Cc2ccccc2-3)NN1Cc1ccccc1. The van der Waals surface area contributed by atoms with Crippen molar-refractivity contribution < 1.29 is 0 Å². The van der Waals surface area contributed by atoms with E-state index in [0.717, 1.165) is 19.4 Å². The molecule has 29 heavy (non-hydrogen) atoms. The molecule has 1 N–H and O–H groups in total. The van der Waals surface area contributed by atoms with Crippen LogP contribution in [0.15, 0.2) is 84.7 Å². The predicted molar refractivity (Wildman–Crippen MR) is 120 cm³/mol. The van der Waals surface area contributed by atoms with Crippen LogP contribution in [0.3, 0.4) is 0 Å². The van der Waals surface area contributed by atoms with Crippen LogP contribution in [-0.4, -0.2) is 5.01 Å². The summed E-state index contributed by atoms with van der Waals surface area (Å²) in [5.41, 5.74) is 13.1. The molecule has 0 amide bonds. The molecule has 0 aromatic heterocycles. The Morgan fingerprint density at radius 2 is 1.66 bits per heavy atom. The van der Waals surface area contributed by atoms with Gasteiger partial charge in [-0.2, -0.15) is 0 Å². The van der Waals surface area contributed by atoms with Gasteiger partial charge in [-0.3, -0.25) is 10.0 Å². The molecule has 0 spiro atoms. The van der Waals surface area contributed by atoms with E-state index in [1.807, 2.05) is 0 Å². The molecule has 1 aliphatic carbocycles. The second kappa shape index (κ2) is 7.76. The van der Waals surface area contributed by atoms with Crippen LogP contribution in [0.5, 0.6) is 0 Å². The zero-order valence-electron chi connectivity index (χ0n) is 16.9. The van der Waals surface area contributed by atoms with Crippen molar-refractivity contribution in [1.82, 2.24) is 10.5 Å². The number of allylic oxidation sites excluding steroid dienone is 1. The fourth-order valence-electron chi connectivity index (χ4n) is 4.32. The highest BCUT2D eigenvalue weighted by atomic mass is 15.8. The lowest BCUT2D eigenvalue weighted by Crippen LogP contribution is -2.40. The molecule has 1 aliphatic heterocycles. The number of fused-ring (bicyclic) bond motifs is 3. The Balaban J connectivity index is 1.39. The molecule has 0 saturated heterocycles. The fourth-order valence-corrected chi connectivity index (χ4v) is 4.32. The van der Waals surface area contributed by atoms with Crippen molar-refractivity contribution in [3.8, 4) is 11.1 Å². The predicted octanol–water partition coefficient (Wildman–Crippen LogP) is 6.03. The molecule has 0 atom stereocenters. The number of nitrogens with one attached hydrogen (secondary N) is 1. The van der Waals surface area contributed by atoms with Crippen molar-refractivity contribution in [3.63, 3.8) is 0 Å². The molecule has 146 valence electrons. The molecule has 2 aliphatic rings. The maximum Gasteiger partial charge on any atom is 0.0609 e. The maximum absolute atomic E-state index is 3.60. The average molecular weight is 382 g/mol. The normalized spacial score (nSPS) is 14.7. The molecule has 3 heteroatoms. The number of hydrogen-bond donors (Lipinski definition) is 1. The average Bonchev–Trinajstić information content (AvgIpc) is 3.33. The lowest BCUT2D eigenvalue weighted by molar-refractivity contribution is 0.254. The van der Waals surface area contributed by atoms with Crippen LogP contribution >= 0.6 is 0 Å². The van der Waals surface area contributed by atoms with Gasteiger partial charge in [0.1, 0.15) is 0 Å². The van der Waals surface area contributed by atoms with E-state index in [0.29, 0.717) is 0 Å². The minimum Gasteiger partial charge on any atom is -0.289 e. The van der Waals surface area contributed by atoms with Gasteiger partial charge in [0, 0.05) is 11.9 Å². The summed E-state index contributed by atoms with van der Waals surface area (Å²) in [5.74, 6) is 0. The third-order valence-electron chi connectivity index (χ3n) is 5.88. The van der Waals surface area contributed by atoms with E-state index in [1.54, 1.807) is 0 Å². The summed E-state index contributed by atoms with van der Waals surface area (Å²) >= 11 is 0. The summed E-state index contributed by atoms with van der Waals surface area (Å²) in [7, 11) is 0. The van der Waals surface area contributed by atoms with Crippen molar-refractivity contribution >= 4 is 5.69 Å². The van der Waals surface area contributed by atoms with Crippen molar-refractivity contribution in [2.75, 3.05) is 5.01 Å². The van der Waals surface area contributed by atoms with Gasteiger partial charge in [-0.15, -0.1) is 5.53 Å². The van der Waals surface area contributed by atoms with Crippen molar-refractivity contribution in [3.05, 3.63) is 101 Å². The van der Waals surface area contributed by atoms with Crippen LogP contribution in [0.25, 0.3) is 11.1 Å². The third kappa shape index (κ3) is 3.54. The first kappa shape index (κ1) is 18.0. The Bertz CT molecular complexity index is 1040. The van der Waals surface area contributed by atoms with Crippen LogP contribution in [0.1, 0.15) is 42.9 Å². The molecule has 3 nitrogen and oxygen atoms in total. The quantitative estimate of drug-likeness (QED) is 0.440. The molecule has 0 bridgehead atoms. The topological polar surface area (TPSA) is 18.5 Å². The number of unbranched alkanes of at least 4 members (excludes halogenated alkanes) is 1. The van der Waals surface area contributed by atoms with Gasteiger partial charge in [-0.1, -0.05) is 74.0 Å². The summed E-state index contributed by atoms with van der Waals surface area (Å²) in [4.78, 5) is 0. The van der Waals surface area contributed by atoms with Crippen LogP contribution in [0.2, 0.25) is 0 Å². The van der Waals surface area contributed by atoms with Gasteiger partial charge in [0.25, 0.3) is 0 Å². The van der Waals surface area contributed by atoms with Crippen molar-refractivity contribution in [2.24, 2.45) is 0 Å². The number of anilines is 1. The molecule has 0 saturated carbocycles. The van der Waals surface area contributed by atoms with Crippen LogP contribution in [0, 0.1) is 0 Å². The number of nitrogens with zero attached hydrogens (tertiary/aromatic N) is 2. The van der Waals surface area contributed by atoms with Gasteiger partial charge in [0.2, 0.25) is 0 Å². The first-order chi connectivity index (χ1) is 14.3. The first-order valence-electron chi connectivity index (χ1n) is 10.6. The lowest BCUT2D eigenvalue weighted by atomic mass is 10.1. The van der Waals surface area contributed by atoms with Crippen LogP contribution in [-0.2, 0) is 13.0 Å². The maximum atomic E-state index is 3.60. The molecule has 1 heterocycles. The molecule has 3 aromatic rings. The fraction of sp³-hybridized carbons (Fsp3) is 0.231. The van der Waals surface area contributed by atoms with Gasteiger partial charge >= 0.3 is 0 Å². The monoisotopic (exact) mass is 381 g/mol. The second-order valence-electron chi connectivity index (χ2n) is 7.94. The highest BCUT2D eigenvalue weighted by Crippen LogP contribution is 2.38. The summed E-state index contributed by atoms with van der Waals surface area (Å²) in [6.07, 6.45) is 6.78. The molecule has 3 aromatic carbocycles. The highest BCUT2D eigenvalue weighted by Gasteiger charge is 2.24. The Morgan fingerprint density at radius 1 is 0.862 bits per heavy atom. The summed E-state index contributed by atoms with van der Waals surface area (Å²) < 4.78 is 0. The minimum atomic E-state index is 0.864. The molecular formula is C26H27N3. The van der Waals surface area contributed by atoms with Crippen molar-refractivity contribution in [2.45, 2.75) is 39.2 Å². The molecule has 5 rings (SSSR count). The van der Waals surface area contributed by atoms with Gasteiger partial charge < -0.3 is 0 Å². The van der Waals surface area contributed by atoms with E-state index in [1.165, 1.54) is 52.0 Å². The van der Waals surface area contributed by atoms with E-state index in [9.17, 15) is 0 Å². The number of hydrazine groups is 2. The third-order valence-corrected chi connectivity index (χ3v) is 5.88. The first-order valence-corrected chi connectivity index (χ1v) is 10.6. The zero-order valence-corrected chi connectivity index (χ0v) is 16.9. The number of hydrogen-bond acceptors (Lipinski definition) is 3. The standard InChI is InChI=1S/C26H27N3/c1-2-3-12-24-19-29(27-28(24)18-20-9-5-4-6-10-20)23-14-15-26-22(17-23)16-21-11-7-8-13-25(21)26/h4-11,13-15,17,19,27H,2-3,12,16,18H2,1H3. The second-order valence-corrected chi connectivity index (χ2v) is 7.94. The van der Waals surface area contributed by atoms with E-state index in [4.69, 9.17) is 0 Å². The minimum absolute atomic E-state index is 0.864. The summed E-state index contributed by atoms with van der Waals surface area (Å²) in [5, 5.41) is 4.46. The molecule has 0 unspecified atom stereocenters. The van der Waals surface area contributed by atoms with E-state index in [2.05, 4.69) is 101 Å². The Kier molecular flexibility index (Phi) is 4.82. The van der Waals surface area contributed by atoms with Crippen molar-refractivity contribution in [1.29, 1.82) is 0 Å². The highest BCUT2D eigenvalue weighted by molar-refractivity contribution is 5.78. The van der Waals surface area contributed by atoms with E-state index >= 15 is 0 Å². The lowest BCUT2D eigenvalue weighted by Gasteiger charge is -2.25. The van der Waals surface area contributed by atoms with Crippen LogP contribution < -0.4 is 10.5 Å². The van der Waals surface area contributed by atoms with E-state index in [-0.39, 0.29) is 0 Å². The summed E-state index contributed by atoms with van der Waals surface area (Å²) in [6, 6.07) is 26.3. The molecule has 0 radical (unpaired) electrons. The zero-order chi connectivity index (χ0) is 19.6. The number of benzene rings is 3. The van der Waals surface area contributed by atoms with Gasteiger partial charge in [0.05, 0.1) is 12.2 Å². The van der Waals surface area contributed by atoms with Gasteiger partial charge in [-0.05, 0) is 59.2 Å². The van der Waals surface area contributed by atoms with Gasteiger partial charge in [-0.25, -0.2) is 0 Å².